The number of morpholine rings is 1. The van der Waals surface area contributed by atoms with E-state index >= 15 is 0 Å². The molecule has 86 valence electrons. The van der Waals surface area contributed by atoms with Crippen molar-refractivity contribution in [3.63, 3.8) is 0 Å². The van der Waals surface area contributed by atoms with E-state index in [4.69, 9.17) is 4.74 Å². The molecule has 1 saturated heterocycles. The zero-order valence-corrected chi connectivity index (χ0v) is 9.54. The minimum Gasteiger partial charge on any atom is -0.384 e. The Morgan fingerprint density at radius 2 is 2.06 bits per heavy atom. The average molecular weight is 219 g/mol. The quantitative estimate of drug-likeness (QED) is 0.738. The van der Waals surface area contributed by atoms with Gasteiger partial charge in [-0.3, -0.25) is 0 Å². The summed E-state index contributed by atoms with van der Waals surface area (Å²) in [5.41, 5.74) is 2.83. The summed E-state index contributed by atoms with van der Waals surface area (Å²) in [6.07, 6.45) is 0. The first-order chi connectivity index (χ1) is 7.93. The number of ether oxygens (including phenoxy) is 1. The highest BCUT2D eigenvalue weighted by atomic mass is 16.5. The Balaban J connectivity index is 1.68. The second-order valence-corrected chi connectivity index (χ2v) is 4.73. The van der Waals surface area contributed by atoms with E-state index < -0.39 is 0 Å². The topological polar surface area (TPSA) is 25.7 Å². The van der Waals surface area contributed by atoms with Crippen molar-refractivity contribution in [2.24, 2.45) is 0 Å². The molecule has 0 radical (unpaired) electrons. The molecule has 3 nitrogen and oxygen atoms in total. The molecule has 2 aliphatic heterocycles. The standard InChI is InChI=1S/C13H18N2O/c1-2-4-13-12(3-1)11(9-14-13)10-15-5-7-16-8-6-15/h1-4,11,14H,5-10H2/p+1/t11-/m1/s1. The molecule has 0 aliphatic carbocycles. The van der Waals surface area contributed by atoms with Crippen LogP contribution in [0.3, 0.4) is 0 Å². The molecule has 1 aromatic carbocycles. The van der Waals surface area contributed by atoms with E-state index in [1.165, 1.54) is 30.9 Å². The number of para-hydroxylation sites is 1. The molecule has 1 fully saturated rings. The fourth-order valence-corrected chi connectivity index (χ4v) is 2.75. The molecule has 2 heterocycles. The monoisotopic (exact) mass is 219 g/mol. The molecule has 0 saturated carbocycles. The summed E-state index contributed by atoms with van der Waals surface area (Å²) in [5, 5.41) is 3.50. The van der Waals surface area contributed by atoms with Gasteiger partial charge in [-0.1, -0.05) is 18.2 Å². The van der Waals surface area contributed by atoms with Gasteiger partial charge in [-0.25, -0.2) is 0 Å². The SMILES string of the molecule is c1ccc2c(c1)NC[C@@H]2C[NH+]1CCOCC1. The summed E-state index contributed by atoms with van der Waals surface area (Å²) in [4.78, 5) is 1.69. The van der Waals surface area contributed by atoms with Crippen LogP contribution in [0, 0.1) is 0 Å². The van der Waals surface area contributed by atoms with Gasteiger partial charge in [0.25, 0.3) is 0 Å². The molecular weight excluding hydrogens is 200 g/mol. The van der Waals surface area contributed by atoms with Crippen LogP contribution >= 0.6 is 0 Å². The van der Waals surface area contributed by atoms with Crippen molar-refractivity contribution in [1.29, 1.82) is 0 Å². The number of nitrogens with one attached hydrogen (secondary N) is 2. The molecule has 1 aromatic rings. The summed E-state index contributed by atoms with van der Waals surface area (Å²) in [7, 11) is 0. The van der Waals surface area contributed by atoms with Crippen molar-refractivity contribution in [2.45, 2.75) is 5.92 Å². The molecule has 0 bridgehead atoms. The second kappa shape index (κ2) is 4.44. The molecule has 1 atom stereocenters. The Bertz CT molecular complexity index is 361. The molecular formula is C13H19N2O+. The van der Waals surface area contributed by atoms with Crippen molar-refractivity contribution in [3.8, 4) is 0 Å². The number of rotatable bonds is 2. The van der Waals surface area contributed by atoms with Crippen LogP contribution in [-0.4, -0.2) is 39.4 Å². The lowest BCUT2D eigenvalue weighted by atomic mass is 10.0. The minimum atomic E-state index is 0.685. The molecule has 0 unspecified atom stereocenters. The highest BCUT2D eigenvalue weighted by molar-refractivity contribution is 5.57. The largest absolute Gasteiger partial charge is 0.384 e. The van der Waals surface area contributed by atoms with Gasteiger partial charge in [0, 0.05) is 12.2 Å². The maximum atomic E-state index is 5.40. The number of anilines is 1. The highest BCUT2D eigenvalue weighted by Crippen LogP contribution is 2.29. The first-order valence-corrected chi connectivity index (χ1v) is 6.17. The zero-order valence-electron chi connectivity index (χ0n) is 9.54. The van der Waals surface area contributed by atoms with Gasteiger partial charge < -0.3 is 15.0 Å². The van der Waals surface area contributed by atoms with Crippen LogP contribution in [0.1, 0.15) is 11.5 Å². The van der Waals surface area contributed by atoms with Crippen molar-refractivity contribution >= 4 is 5.69 Å². The summed E-state index contributed by atoms with van der Waals surface area (Å²) in [5.74, 6) is 0.685. The van der Waals surface area contributed by atoms with Gasteiger partial charge in [0.15, 0.2) is 0 Å². The third-order valence-corrected chi connectivity index (χ3v) is 3.67. The first kappa shape index (κ1) is 10.1. The maximum absolute atomic E-state index is 5.40. The molecule has 0 spiro atoms. The summed E-state index contributed by atoms with van der Waals surface area (Å²) < 4.78 is 5.40. The predicted molar refractivity (Wildman–Crippen MR) is 64.1 cm³/mol. The molecule has 16 heavy (non-hydrogen) atoms. The first-order valence-electron chi connectivity index (χ1n) is 6.17. The van der Waals surface area contributed by atoms with Crippen LogP contribution in [-0.2, 0) is 4.74 Å². The number of fused-ring (bicyclic) bond motifs is 1. The van der Waals surface area contributed by atoms with E-state index in [0.29, 0.717) is 5.92 Å². The minimum absolute atomic E-state index is 0.685. The number of hydrogen-bond acceptors (Lipinski definition) is 2. The Morgan fingerprint density at radius 3 is 2.94 bits per heavy atom. The molecule has 3 rings (SSSR count). The molecule has 0 amide bonds. The molecule has 2 aliphatic rings. The van der Waals surface area contributed by atoms with Crippen LogP contribution in [0.15, 0.2) is 24.3 Å². The maximum Gasteiger partial charge on any atom is 0.101 e. The zero-order chi connectivity index (χ0) is 10.8. The Labute approximate surface area is 96.4 Å². The third-order valence-electron chi connectivity index (χ3n) is 3.67. The molecule has 2 N–H and O–H groups in total. The normalized spacial score (nSPS) is 25.1. The van der Waals surface area contributed by atoms with Gasteiger partial charge in [0.2, 0.25) is 0 Å². The van der Waals surface area contributed by atoms with Crippen LogP contribution < -0.4 is 10.2 Å². The van der Waals surface area contributed by atoms with Gasteiger partial charge in [0.1, 0.15) is 13.1 Å². The van der Waals surface area contributed by atoms with E-state index in [0.717, 1.165) is 19.8 Å². The van der Waals surface area contributed by atoms with Gasteiger partial charge in [-0.05, 0) is 11.6 Å². The van der Waals surface area contributed by atoms with Crippen molar-refractivity contribution in [1.82, 2.24) is 0 Å². The smallest absolute Gasteiger partial charge is 0.101 e. The van der Waals surface area contributed by atoms with Gasteiger partial charge in [-0.2, -0.15) is 0 Å². The Kier molecular flexibility index (Phi) is 2.80. The van der Waals surface area contributed by atoms with Gasteiger partial charge in [0.05, 0.1) is 25.7 Å². The van der Waals surface area contributed by atoms with Gasteiger partial charge in [-0.15, -0.1) is 0 Å². The fraction of sp³-hybridized carbons (Fsp3) is 0.538. The number of quaternary nitrogens is 1. The summed E-state index contributed by atoms with van der Waals surface area (Å²) in [6.45, 7) is 6.53. The van der Waals surface area contributed by atoms with Gasteiger partial charge >= 0.3 is 0 Å². The van der Waals surface area contributed by atoms with Crippen LogP contribution in [0.25, 0.3) is 0 Å². The van der Waals surface area contributed by atoms with Crippen molar-refractivity contribution in [3.05, 3.63) is 29.8 Å². The lowest BCUT2D eigenvalue weighted by Gasteiger charge is -2.26. The van der Waals surface area contributed by atoms with Crippen LogP contribution in [0.4, 0.5) is 5.69 Å². The van der Waals surface area contributed by atoms with Crippen molar-refractivity contribution < 1.29 is 9.64 Å². The van der Waals surface area contributed by atoms with E-state index in [9.17, 15) is 0 Å². The fourth-order valence-electron chi connectivity index (χ4n) is 2.75. The predicted octanol–water partition coefficient (Wildman–Crippen LogP) is 0.111. The van der Waals surface area contributed by atoms with Crippen LogP contribution in [0.5, 0.6) is 0 Å². The summed E-state index contributed by atoms with van der Waals surface area (Å²) >= 11 is 0. The highest BCUT2D eigenvalue weighted by Gasteiger charge is 2.26. The Hall–Kier alpha value is -1.06. The van der Waals surface area contributed by atoms with E-state index in [1.54, 1.807) is 4.90 Å². The van der Waals surface area contributed by atoms with E-state index in [2.05, 4.69) is 29.6 Å². The van der Waals surface area contributed by atoms with E-state index in [-0.39, 0.29) is 0 Å². The van der Waals surface area contributed by atoms with E-state index in [1.807, 2.05) is 0 Å². The molecule has 3 heteroatoms. The lowest BCUT2D eigenvalue weighted by molar-refractivity contribution is -0.909. The summed E-state index contributed by atoms with van der Waals surface area (Å²) in [6, 6.07) is 8.70. The number of benzene rings is 1. The van der Waals surface area contributed by atoms with Crippen LogP contribution in [0.2, 0.25) is 0 Å². The average Bonchev–Trinajstić information content (AvgIpc) is 2.74. The second-order valence-electron chi connectivity index (χ2n) is 4.73. The number of hydrogen-bond donors (Lipinski definition) is 2. The molecule has 0 aromatic heterocycles. The third kappa shape index (κ3) is 1.93. The Morgan fingerprint density at radius 1 is 1.25 bits per heavy atom. The lowest BCUT2D eigenvalue weighted by Crippen LogP contribution is -3.14. The van der Waals surface area contributed by atoms with Crippen molar-refractivity contribution in [2.75, 3.05) is 44.7 Å².